The zero-order chi connectivity index (χ0) is 53.9. The molecule has 22 nitrogen and oxygen atoms in total. The van der Waals surface area contributed by atoms with Crippen LogP contribution in [-0.2, 0) is 4.74 Å². The van der Waals surface area contributed by atoms with Crippen LogP contribution in [-0.4, -0.2) is 177 Å². The number of ether oxygens (including phenoxy) is 1. The Kier molecular flexibility index (Phi) is 13.8. The molecular weight excluding hydrogens is 981 g/mol. The molecule has 0 aromatic carbocycles. The molecule has 77 heavy (non-hydrogen) atoms. The predicted octanol–water partition coefficient (Wildman–Crippen LogP) is 6.79. The molecule has 0 spiro atoms. The average Bonchev–Trinajstić information content (AvgIpc) is 4.30. The first-order valence-corrected chi connectivity index (χ1v) is 27.0. The summed E-state index contributed by atoms with van der Waals surface area (Å²) in [6.07, 6.45) is 16.8. The summed E-state index contributed by atoms with van der Waals surface area (Å²) in [5.41, 5.74) is 3.26. The van der Waals surface area contributed by atoms with E-state index in [0.29, 0.717) is 65.2 Å². The number of nitrogens with one attached hydrogen (secondary N) is 3. The van der Waals surface area contributed by atoms with E-state index in [0.717, 1.165) is 99.4 Å². The zero-order valence-electron chi connectivity index (χ0n) is 44.9. The van der Waals surface area contributed by atoms with E-state index in [1.807, 2.05) is 42.7 Å². The van der Waals surface area contributed by atoms with Gasteiger partial charge in [0.15, 0.2) is 0 Å². The number of aromatic nitrogens is 8. The van der Waals surface area contributed by atoms with Crippen molar-refractivity contribution in [3.8, 4) is 0 Å². The number of nitrogens with zero attached hydrogens (tertiary/aromatic N) is 13. The van der Waals surface area contributed by atoms with Gasteiger partial charge in [-0.05, 0) is 95.7 Å². The molecule has 4 aliphatic heterocycles. The fourth-order valence-electron chi connectivity index (χ4n) is 12.0. The quantitative estimate of drug-likeness (QED) is 0.128. The average molecular weight is 1050 g/mol. The molecule has 2 unspecified atom stereocenters. The number of amides is 5. The van der Waals surface area contributed by atoms with Crippen molar-refractivity contribution in [1.29, 1.82) is 0 Å². The van der Waals surface area contributed by atoms with E-state index in [1.54, 1.807) is 91.9 Å². The molecule has 10 heterocycles. The summed E-state index contributed by atoms with van der Waals surface area (Å²) >= 11 is 0. The molecule has 4 saturated heterocycles. The number of pyridine rings is 2. The second kappa shape index (κ2) is 20.7. The maximum absolute atomic E-state index is 13.3. The molecule has 3 N–H and O–H groups in total. The Hall–Kier alpha value is -7.75. The molecule has 6 fully saturated rings. The Labute approximate surface area is 447 Å². The highest BCUT2D eigenvalue weighted by molar-refractivity contribution is 5.99. The van der Waals surface area contributed by atoms with Gasteiger partial charge in [-0.2, -0.15) is 9.97 Å². The number of fused-ring (bicyclic) bond motifs is 6. The van der Waals surface area contributed by atoms with Gasteiger partial charge in [0.05, 0.1) is 23.2 Å². The molecular formula is C55H68N16O6. The molecule has 5 amide bonds. The number of carbonyl (C=O) groups is 5. The Morgan fingerprint density at radius 3 is 1.44 bits per heavy atom. The molecule has 4 bridgehead atoms. The number of piperazine rings is 2. The highest BCUT2D eigenvalue weighted by Gasteiger charge is 2.48. The Morgan fingerprint density at radius 2 is 1.05 bits per heavy atom. The third-order valence-corrected chi connectivity index (χ3v) is 15.7. The van der Waals surface area contributed by atoms with E-state index in [1.165, 1.54) is 0 Å². The number of likely N-dealkylation sites (tertiary alicyclic amines) is 3. The first-order chi connectivity index (χ1) is 37.0. The lowest BCUT2D eigenvalue weighted by Crippen LogP contribution is -2.51. The second-order valence-corrected chi connectivity index (χ2v) is 22.7. The van der Waals surface area contributed by atoms with Gasteiger partial charge >= 0.3 is 6.09 Å². The van der Waals surface area contributed by atoms with Gasteiger partial charge in [0, 0.05) is 114 Å². The molecule has 4 atom stereocenters. The van der Waals surface area contributed by atoms with Crippen LogP contribution in [0.1, 0.15) is 139 Å². The minimum atomic E-state index is -0.555. The summed E-state index contributed by atoms with van der Waals surface area (Å²) in [5, 5.41) is 11.4. The molecule has 22 heteroatoms. The molecule has 6 aromatic rings. The van der Waals surface area contributed by atoms with Crippen molar-refractivity contribution in [3.63, 3.8) is 0 Å². The molecule has 6 aliphatic rings. The largest absolute Gasteiger partial charge is 0.444 e. The number of anilines is 4. The van der Waals surface area contributed by atoms with E-state index in [9.17, 15) is 24.0 Å². The smallest absolute Gasteiger partial charge is 0.410 e. The van der Waals surface area contributed by atoms with Gasteiger partial charge in [0.2, 0.25) is 11.9 Å². The molecule has 2 aliphatic carbocycles. The van der Waals surface area contributed by atoms with Crippen LogP contribution in [0.5, 0.6) is 0 Å². The van der Waals surface area contributed by atoms with Crippen LogP contribution >= 0.6 is 0 Å². The molecule has 2 saturated carbocycles. The minimum absolute atomic E-state index is 0.0307. The van der Waals surface area contributed by atoms with Crippen LogP contribution in [0.3, 0.4) is 0 Å². The molecule has 404 valence electrons. The lowest BCUT2D eigenvalue weighted by atomic mass is 10.2. The number of hydrogen-bond acceptors (Lipinski definition) is 15. The Balaban J connectivity index is 0.000000166. The fraction of sp³-hybridized carbons (Fsp3) is 0.509. The van der Waals surface area contributed by atoms with Crippen molar-refractivity contribution in [2.75, 3.05) is 65.0 Å². The van der Waals surface area contributed by atoms with Crippen LogP contribution in [0.15, 0.2) is 61.2 Å². The van der Waals surface area contributed by atoms with Crippen LogP contribution in [0.2, 0.25) is 0 Å². The third-order valence-electron chi connectivity index (χ3n) is 15.7. The van der Waals surface area contributed by atoms with Gasteiger partial charge in [0.1, 0.15) is 39.9 Å². The molecule has 0 radical (unpaired) electrons. The van der Waals surface area contributed by atoms with Crippen molar-refractivity contribution in [3.05, 3.63) is 83.7 Å². The van der Waals surface area contributed by atoms with Gasteiger partial charge in [-0.15, -0.1) is 0 Å². The lowest BCUT2D eigenvalue weighted by molar-refractivity contribution is 0.0126. The molecule has 12 rings (SSSR count). The number of rotatable bonds is 10. The minimum Gasteiger partial charge on any atom is -0.444 e. The van der Waals surface area contributed by atoms with Crippen LogP contribution in [0.25, 0.3) is 22.1 Å². The molecule has 6 aromatic heterocycles. The van der Waals surface area contributed by atoms with E-state index < -0.39 is 5.60 Å². The summed E-state index contributed by atoms with van der Waals surface area (Å²) in [4.78, 5) is 101. The van der Waals surface area contributed by atoms with E-state index >= 15 is 0 Å². The van der Waals surface area contributed by atoms with Gasteiger partial charge in [0.25, 0.3) is 23.6 Å². The number of hydrogen-bond donors (Lipinski definition) is 3. The summed E-state index contributed by atoms with van der Waals surface area (Å²) in [5.74, 6) is 1.69. The SMILES string of the molecule is CN(C)C(=O)c1cc2cnc(Nc3ccc(C(=O)N4CC5C[C@@H]4CN5)cn3)nc2n1C1CCCC1.CN(C)C(=O)c1cc2cnc(Nc3ccc(C(=O)N4CC5C[C@@H]4CN5C(=O)OC(C)(C)C)cn3)nc2n1C1CCCC1. The van der Waals surface area contributed by atoms with Crippen LogP contribution < -0.4 is 16.0 Å². The first-order valence-electron chi connectivity index (χ1n) is 27.0. The monoisotopic (exact) mass is 1050 g/mol. The van der Waals surface area contributed by atoms with E-state index in [4.69, 9.17) is 14.7 Å². The maximum atomic E-state index is 13.3. The summed E-state index contributed by atoms with van der Waals surface area (Å²) in [6.45, 7) is 8.14. The summed E-state index contributed by atoms with van der Waals surface area (Å²) in [7, 11) is 7.04. The van der Waals surface area contributed by atoms with E-state index in [2.05, 4.69) is 45.0 Å². The Bertz CT molecular complexity index is 3230. The highest BCUT2D eigenvalue weighted by Crippen LogP contribution is 2.38. The second-order valence-electron chi connectivity index (χ2n) is 22.7. The standard InChI is InChI=1S/C30H38N8O4.C25H30N8O2/c1-30(2,3)42-29(41)37-17-21-13-22(37)16-36(21)26(39)18-10-11-24(31-14-18)33-28-32-15-19-12-23(27(40)35(4)5)38(25(19)34-28)20-8-6-7-9-20;1-31(2)24(35)20-9-16-12-28-25(30-22(16)33(20)18-5-3-4-6-18)29-21-8-7-15(11-27-21)23(34)32-14-17-10-19(32)13-26-17/h10-12,14-15,20-22H,6-9,13,16-17H2,1-5H3,(H,31,32,33,34);7-9,11-12,17-19,26H,3-6,10,13-14H2,1-2H3,(H,27,28,29,30)/t21-,22?;17?,19-/m11/s1. The van der Waals surface area contributed by atoms with Crippen molar-refractivity contribution >= 4 is 75.3 Å². The van der Waals surface area contributed by atoms with Crippen molar-refractivity contribution in [1.82, 2.24) is 68.9 Å². The third kappa shape index (κ3) is 10.3. The normalized spacial score (nSPS) is 21.0. The van der Waals surface area contributed by atoms with Crippen LogP contribution in [0, 0.1) is 0 Å². The summed E-state index contributed by atoms with van der Waals surface area (Å²) in [6, 6.07) is 11.9. The van der Waals surface area contributed by atoms with E-state index in [-0.39, 0.29) is 59.9 Å². The first kappa shape index (κ1) is 51.4. The van der Waals surface area contributed by atoms with Gasteiger partial charge in [-0.25, -0.2) is 24.7 Å². The van der Waals surface area contributed by atoms with Crippen molar-refractivity contribution in [2.45, 2.75) is 127 Å². The van der Waals surface area contributed by atoms with Gasteiger partial charge < -0.3 is 54.3 Å². The van der Waals surface area contributed by atoms with Gasteiger partial charge in [-0.3, -0.25) is 19.2 Å². The van der Waals surface area contributed by atoms with Crippen molar-refractivity contribution < 1.29 is 28.7 Å². The predicted molar refractivity (Wildman–Crippen MR) is 289 cm³/mol. The lowest BCUT2D eigenvalue weighted by Gasteiger charge is -2.35. The topological polar surface area (TPSA) is 234 Å². The van der Waals surface area contributed by atoms with Crippen molar-refractivity contribution in [2.24, 2.45) is 0 Å². The van der Waals surface area contributed by atoms with Crippen LogP contribution in [0.4, 0.5) is 28.3 Å². The zero-order valence-corrected chi connectivity index (χ0v) is 44.9. The number of carbonyl (C=O) groups excluding carboxylic acids is 5. The summed E-state index contributed by atoms with van der Waals surface area (Å²) < 4.78 is 9.69. The van der Waals surface area contributed by atoms with Gasteiger partial charge in [-0.1, -0.05) is 25.7 Å². The Morgan fingerprint density at radius 1 is 0.584 bits per heavy atom. The maximum Gasteiger partial charge on any atom is 0.410 e. The fourth-order valence-corrected chi connectivity index (χ4v) is 12.0. The highest BCUT2D eigenvalue weighted by atomic mass is 16.6.